The van der Waals surface area contributed by atoms with Crippen LogP contribution in [0.5, 0.6) is 0 Å². The van der Waals surface area contributed by atoms with Gasteiger partial charge in [-0.1, -0.05) is 97.0 Å². The fourth-order valence-corrected chi connectivity index (χ4v) is 5.10. The molecule has 0 radical (unpaired) electrons. The molecule has 0 aliphatic carbocycles. The van der Waals surface area contributed by atoms with E-state index in [1.165, 1.54) is 89.9 Å². The van der Waals surface area contributed by atoms with Crippen LogP contribution in [-0.4, -0.2) is 10.5 Å². The fourth-order valence-electron chi connectivity index (χ4n) is 5.10. The first-order valence-corrected chi connectivity index (χ1v) is 15.1. The highest BCUT2D eigenvalue weighted by Gasteiger charge is 2.28. The van der Waals surface area contributed by atoms with Gasteiger partial charge in [-0.2, -0.15) is 0 Å². The third-order valence-electron chi connectivity index (χ3n) is 7.31. The van der Waals surface area contributed by atoms with Crippen LogP contribution in [0.1, 0.15) is 117 Å². The van der Waals surface area contributed by atoms with Crippen molar-refractivity contribution in [2.45, 2.75) is 130 Å². The van der Waals surface area contributed by atoms with Crippen LogP contribution in [0.2, 0.25) is 0 Å². The van der Waals surface area contributed by atoms with Crippen molar-refractivity contribution in [2.24, 2.45) is 0 Å². The van der Waals surface area contributed by atoms with E-state index in [0.717, 1.165) is 48.4 Å². The van der Waals surface area contributed by atoms with Gasteiger partial charge in [0.2, 0.25) is 10.5 Å². The molecule has 3 rings (SSSR count). The molecule has 0 saturated heterocycles. The molecule has 0 atom stereocenters. The van der Waals surface area contributed by atoms with E-state index < -0.39 is 0 Å². The van der Waals surface area contributed by atoms with Gasteiger partial charge in [0, 0.05) is 12.8 Å². The monoisotopic (exact) mass is 596 g/mol. The van der Waals surface area contributed by atoms with Gasteiger partial charge in [-0.3, -0.25) is 9.05 Å². The molecule has 0 amide bonds. The number of nitrogens with two attached hydrogens (primary N) is 2. The summed E-state index contributed by atoms with van der Waals surface area (Å²) in [7, 11) is 0. The van der Waals surface area contributed by atoms with Crippen LogP contribution in [0, 0.1) is 0 Å². The summed E-state index contributed by atoms with van der Waals surface area (Å²) in [6, 6.07) is 8.14. The van der Waals surface area contributed by atoms with Crippen molar-refractivity contribution < 1.29 is 43.2 Å². The zero-order valence-corrected chi connectivity index (χ0v) is 26.1. The Labute approximate surface area is 253 Å². The van der Waals surface area contributed by atoms with Gasteiger partial charge >= 0.3 is 23.2 Å². The number of aromatic nitrogens is 4. The van der Waals surface area contributed by atoms with E-state index in [1.54, 1.807) is 0 Å². The normalized spacial score (nSPS) is 10.8. The lowest BCUT2D eigenvalue weighted by atomic mass is 10.0. The minimum atomic E-state index is 0. The smallest absolute Gasteiger partial charge is 0.304 e. The van der Waals surface area contributed by atoms with Crippen molar-refractivity contribution in [2.75, 3.05) is 11.5 Å². The van der Waals surface area contributed by atoms with Crippen LogP contribution < -0.4 is 45.6 Å². The SMILES string of the molecule is CCCCCCCCCC[n+]1noc(N)c1-c1cccc(-c2c(N)on[n+]2CCCCCCCCCC)c1.[Cl-].[Cl-]. The lowest BCUT2D eigenvalue weighted by Crippen LogP contribution is -3.00. The third kappa shape index (κ3) is 11.3. The zero-order chi connectivity index (χ0) is 27.0. The van der Waals surface area contributed by atoms with E-state index in [0.29, 0.717) is 11.8 Å². The largest absolute Gasteiger partial charge is 1.00 e. The number of aryl methyl sites for hydroxylation is 2. The molecular formula is C30H50Cl2N6O2. The highest BCUT2D eigenvalue weighted by molar-refractivity contribution is 5.74. The number of halogens is 2. The van der Waals surface area contributed by atoms with Crippen molar-refractivity contribution in [1.82, 2.24) is 10.5 Å². The molecule has 226 valence electrons. The van der Waals surface area contributed by atoms with E-state index in [9.17, 15) is 0 Å². The number of nitrogen functional groups attached to an aromatic ring is 2. The molecule has 2 heterocycles. The number of hydrogen-bond acceptors (Lipinski definition) is 6. The average Bonchev–Trinajstić information content (AvgIpc) is 3.48. The van der Waals surface area contributed by atoms with Gasteiger partial charge in [-0.05, 0) is 40.4 Å². The number of unbranched alkanes of at least 4 members (excludes halogenated alkanes) is 14. The maximum atomic E-state index is 6.22. The average molecular weight is 598 g/mol. The Balaban J connectivity index is 0.00000400. The Bertz CT molecular complexity index is 993. The second-order valence-electron chi connectivity index (χ2n) is 10.5. The molecule has 0 fully saturated rings. The second-order valence-corrected chi connectivity index (χ2v) is 10.5. The summed E-state index contributed by atoms with van der Waals surface area (Å²) in [5, 5.41) is 8.43. The minimum absolute atomic E-state index is 0. The van der Waals surface area contributed by atoms with Crippen molar-refractivity contribution >= 4 is 11.8 Å². The van der Waals surface area contributed by atoms with Crippen molar-refractivity contribution in [3.63, 3.8) is 0 Å². The summed E-state index contributed by atoms with van der Waals surface area (Å²) in [6.45, 7) is 6.07. The number of anilines is 2. The summed E-state index contributed by atoms with van der Waals surface area (Å²) >= 11 is 0. The fraction of sp³-hybridized carbons (Fsp3) is 0.667. The lowest BCUT2D eigenvalue weighted by molar-refractivity contribution is -0.753. The predicted molar refractivity (Wildman–Crippen MR) is 152 cm³/mol. The summed E-state index contributed by atoms with van der Waals surface area (Å²) in [4.78, 5) is 0. The summed E-state index contributed by atoms with van der Waals surface area (Å²) in [6.07, 6.45) is 20.2. The Morgan fingerprint density at radius 2 is 0.925 bits per heavy atom. The first-order valence-electron chi connectivity index (χ1n) is 15.1. The molecule has 0 saturated carbocycles. The zero-order valence-electron chi connectivity index (χ0n) is 24.6. The van der Waals surface area contributed by atoms with Crippen LogP contribution in [0.15, 0.2) is 33.3 Å². The molecule has 10 heteroatoms. The van der Waals surface area contributed by atoms with Gasteiger partial charge in [-0.25, -0.2) is 0 Å². The van der Waals surface area contributed by atoms with E-state index in [2.05, 4.69) is 30.5 Å². The summed E-state index contributed by atoms with van der Waals surface area (Å²) in [5.74, 6) is 0.652. The second kappa shape index (κ2) is 20.5. The maximum absolute atomic E-state index is 6.22. The van der Waals surface area contributed by atoms with Gasteiger partial charge < -0.3 is 36.3 Å². The first kappa shape index (κ1) is 35.7. The van der Waals surface area contributed by atoms with Crippen LogP contribution in [0.4, 0.5) is 11.8 Å². The topological polar surface area (TPSA) is 112 Å². The molecule has 8 nitrogen and oxygen atoms in total. The molecule has 40 heavy (non-hydrogen) atoms. The van der Waals surface area contributed by atoms with Crippen LogP contribution in [-0.2, 0) is 13.1 Å². The van der Waals surface area contributed by atoms with Crippen molar-refractivity contribution in [3.8, 4) is 22.5 Å². The molecule has 0 spiro atoms. The third-order valence-corrected chi connectivity index (χ3v) is 7.31. The number of benzene rings is 1. The van der Waals surface area contributed by atoms with Crippen molar-refractivity contribution in [3.05, 3.63) is 24.3 Å². The highest BCUT2D eigenvalue weighted by atomic mass is 35.5. The van der Waals surface area contributed by atoms with Crippen LogP contribution in [0.25, 0.3) is 22.5 Å². The van der Waals surface area contributed by atoms with Gasteiger partial charge in [0.25, 0.3) is 0 Å². The van der Waals surface area contributed by atoms with Gasteiger partial charge in [0.05, 0.1) is 11.1 Å². The Morgan fingerprint density at radius 1 is 0.575 bits per heavy atom. The standard InChI is InChI=1S/C30H50N6O2.2ClH/c1-3-5-7-9-11-13-15-17-22-35-27(29(31)37-33-35)25-20-19-21-26(24-25)28-30(32)38-34-36(28)23-18-16-14-12-10-8-6-4-2;;/h19-21,24H,3-18,22-23,31-32H2,1-2H3;2*1H/q+2;;/p-2. The predicted octanol–water partition coefficient (Wildman–Crippen LogP) is 1.03. The molecule has 1 aromatic carbocycles. The van der Waals surface area contributed by atoms with Crippen LogP contribution >= 0.6 is 0 Å². The molecule has 0 aliphatic rings. The van der Waals surface area contributed by atoms with Crippen molar-refractivity contribution in [1.29, 1.82) is 0 Å². The Hall–Kier alpha value is -2.32. The van der Waals surface area contributed by atoms with Gasteiger partial charge in [0.15, 0.2) is 13.1 Å². The number of nitrogens with zero attached hydrogens (tertiary/aromatic N) is 4. The maximum Gasteiger partial charge on any atom is 0.304 e. The van der Waals surface area contributed by atoms with E-state index in [-0.39, 0.29) is 24.8 Å². The lowest BCUT2D eigenvalue weighted by Gasteiger charge is -2.02. The van der Waals surface area contributed by atoms with Gasteiger partial charge in [-0.15, -0.1) is 0 Å². The quantitative estimate of drug-likeness (QED) is 0.149. The number of rotatable bonds is 20. The molecular weight excluding hydrogens is 547 g/mol. The van der Waals surface area contributed by atoms with E-state index in [4.69, 9.17) is 20.5 Å². The Kier molecular flexibility index (Phi) is 18.3. The number of hydrogen-bond donors (Lipinski definition) is 2. The minimum Gasteiger partial charge on any atom is -1.00 e. The Morgan fingerprint density at radius 3 is 1.30 bits per heavy atom. The highest BCUT2D eigenvalue weighted by Crippen LogP contribution is 2.29. The molecule has 2 aromatic heterocycles. The van der Waals surface area contributed by atoms with Crippen LogP contribution in [0.3, 0.4) is 0 Å². The van der Waals surface area contributed by atoms with Gasteiger partial charge in [0.1, 0.15) is 0 Å². The molecule has 4 N–H and O–H groups in total. The molecule has 0 unspecified atom stereocenters. The molecule has 3 aromatic rings. The van der Waals surface area contributed by atoms with E-state index >= 15 is 0 Å². The summed E-state index contributed by atoms with van der Waals surface area (Å²) in [5.41, 5.74) is 15.9. The first-order chi connectivity index (χ1) is 18.7. The van der Waals surface area contributed by atoms with E-state index in [1.807, 2.05) is 27.6 Å². The molecule has 0 aliphatic heterocycles. The molecule has 0 bridgehead atoms. The summed E-state index contributed by atoms with van der Waals surface area (Å²) < 4.78 is 14.5.